The van der Waals surface area contributed by atoms with Gasteiger partial charge in [-0.05, 0) is 11.6 Å². The summed E-state index contributed by atoms with van der Waals surface area (Å²) in [6.07, 6.45) is -2.52. The number of nitrogens with one attached hydrogen (secondary N) is 2. The number of aromatic amines is 1. The summed E-state index contributed by atoms with van der Waals surface area (Å²) in [7, 11) is 0. The standard InChI is InChI=1S/C14H15F2N3/c15-14(16)13-6-12(18-19-13)11-8-17-7-10(11)9-4-2-1-3-5-9/h1-6,10-11,14,17H,7-8H2,(H,18,19). The normalized spacial score (nSPS) is 23.1. The molecule has 0 amide bonds. The highest BCUT2D eigenvalue weighted by Gasteiger charge is 2.31. The summed E-state index contributed by atoms with van der Waals surface area (Å²) >= 11 is 0. The highest BCUT2D eigenvalue weighted by molar-refractivity contribution is 5.28. The number of alkyl halides is 2. The number of aromatic nitrogens is 2. The van der Waals surface area contributed by atoms with Crippen molar-refractivity contribution in [3.05, 3.63) is 53.3 Å². The summed E-state index contributed by atoms with van der Waals surface area (Å²) in [5.74, 6) is 0.467. The van der Waals surface area contributed by atoms with Gasteiger partial charge >= 0.3 is 0 Å². The van der Waals surface area contributed by atoms with Gasteiger partial charge in [-0.15, -0.1) is 0 Å². The minimum absolute atomic E-state index is 0.169. The zero-order valence-electron chi connectivity index (χ0n) is 10.3. The average molecular weight is 263 g/mol. The minimum Gasteiger partial charge on any atom is -0.315 e. The van der Waals surface area contributed by atoms with Crippen LogP contribution in [-0.4, -0.2) is 23.3 Å². The van der Waals surface area contributed by atoms with Gasteiger partial charge in [-0.25, -0.2) is 8.78 Å². The first-order valence-corrected chi connectivity index (χ1v) is 6.34. The van der Waals surface area contributed by atoms with Gasteiger partial charge in [-0.1, -0.05) is 30.3 Å². The molecular weight excluding hydrogens is 248 g/mol. The lowest BCUT2D eigenvalue weighted by atomic mass is 9.87. The van der Waals surface area contributed by atoms with E-state index in [1.165, 1.54) is 11.6 Å². The minimum atomic E-state index is -2.52. The molecule has 1 aliphatic heterocycles. The Balaban J connectivity index is 1.86. The van der Waals surface area contributed by atoms with E-state index in [4.69, 9.17) is 0 Å². The lowest BCUT2D eigenvalue weighted by molar-refractivity contribution is 0.146. The van der Waals surface area contributed by atoms with Crippen LogP contribution < -0.4 is 5.32 Å². The highest BCUT2D eigenvalue weighted by atomic mass is 19.3. The van der Waals surface area contributed by atoms with E-state index in [-0.39, 0.29) is 11.6 Å². The molecule has 1 fully saturated rings. The van der Waals surface area contributed by atoms with Crippen LogP contribution in [0, 0.1) is 0 Å². The van der Waals surface area contributed by atoms with Crippen molar-refractivity contribution in [3.8, 4) is 0 Å². The summed E-state index contributed by atoms with van der Waals surface area (Å²) in [5, 5.41) is 9.77. The van der Waals surface area contributed by atoms with E-state index in [1.807, 2.05) is 18.2 Å². The molecule has 0 saturated carbocycles. The van der Waals surface area contributed by atoms with Gasteiger partial charge < -0.3 is 5.32 Å². The van der Waals surface area contributed by atoms with Crippen molar-refractivity contribution in [1.29, 1.82) is 0 Å². The molecule has 1 aromatic carbocycles. The van der Waals surface area contributed by atoms with Crippen LogP contribution in [-0.2, 0) is 0 Å². The number of halogens is 2. The largest absolute Gasteiger partial charge is 0.315 e. The first-order chi connectivity index (χ1) is 9.25. The van der Waals surface area contributed by atoms with Crippen molar-refractivity contribution < 1.29 is 8.78 Å². The van der Waals surface area contributed by atoms with E-state index in [0.717, 1.165) is 18.8 Å². The summed E-state index contributed by atoms with van der Waals surface area (Å²) in [4.78, 5) is 0. The summed E-state index contributed by atoms with van der Waals surface area (Å²) in [6.45, 7) is 1.64. The molecule has 0 radical (unpaired) electrons. The highest BCUT2D eigenvalue weighted by Crippen LogP contribution is 2.35. The van der Waals surface area contributed by atoms with Crippen LogP contribution >= 0.6 is 0 Å². The number of hydrogen-bond acceptors (Lipinski definition) is 2. The molecule has 2 atom stereocenters. The van der Waals surface area contributed by atoms with Crippen LogP contribution in [0.5, 0.6) is 0 Å². The fourth-order valence-corrected chi connectivity index (χ4v) is 2.71. The van der Waals surface area contributed by atoms with E-state index in [2.05, 4.69) is 27.6 Å². The Morgan fingerprint density at radius 1 is 1.11 bits per heavy atom. The molecule has 2 heterocycles. The maximum Gasteiger partial charge on any atom is 0.282 e. The van der Waals surface area contributed by atoms with E-state index >= 15 is 0 Å². The SMILES string of the molecule is FC(F)c1cc(C2CNCC2c2ccccc2)[nH]n1. The first kappa shape index (κ1) is 12.3. The predicted octanol–water partition coefficient (Wildman–Crippen LogP) is 2.82. The number of rotatable bonds is 3. The van der Waals surface area contributed by atoms with Crippen molar-refractivity contribution in [3.63, 3.8) is 0 Å². The van der Waals surface area contributed by atoms with Crippen molar-refractivity contribution in [2.24, 2.45) is 0 Å². The first-order valence-electron chi connectivity index (χ1n) is 6.34. The van der Waals surface area contributed by atoms with E-state index in [9.17, 15) is 8.78 Å². The number of nitrogens with zero attached hydrogens (tertiary/aromatic N) is 1. The molecule has 1 aliphatic rings. The number of hydrogen-bond donors (Lipinski definition) is 2. The monoisotopic (exact) mass is 263 g/mol. The van der Waals surface area contributed by atoms with Gasteiger partial charge in [0, 0.05) is 30.6 Å². The Labute approximate surface area is 110 Å². The molecular formula is C14H15F2N3. The molecule has 2 unspecified atom stereocenters. The van der Waals surface area contributed by atoms with E-state index in [1.54, 1.807) is 0 Å². The van der Waals surface area contributed by atoms with Gasteiger partial charge in [0.05, 0.1) is 0 Å². The molecule has 3 nitrogen and oxygen atoms in total. The zero-order valence-corrected chi connectivity index (χ0v) is 10.3. The fraction of sp³-hybridized carbons (Fsp3) is 0.357. The van der Waals surface area contributed by atoms with Crippen molar-refractivity contribution in [2.75, 3.05) is 13.1 Å². The topological polar surface area (TPSA) is 40.7 Å². The third-order valence-corrected chi connectivity index (χ3v) is 3.68. The van der Waals surface area contributed by atoms with Crippen molar-refractivity contribution in [2.45, 2.75) is 18.3 Å². The Bertz CT molecular complexity index is 539. The lowest BCUT2D eigenvalue weighted by Crippen LogP contribution is -2.09. The van der Waals surface area contributed by atoms with Gasteiger partial charge in [-0.3, -0.25) is 5.10 Å². The van der Waals surface area contributed by atoms with Crippen LogP contribution in [0.1, 0.15) is 35.2 Å². The number of H-pyrrole nitrogens is 1. The van der Waals surface area contributed by atoms with Crippen LogP contribution in [0.15, 0.2) is 36.4 Å². The van der Waals surface area contributed by atoms with Gasteiger partial charge in [0.2, 0.25) is 0 Å². The second kappa shape index (κ2) is 5.09. The second-order valence-corrected chi connectivity index (χ2v) is 4.83. The van der Waals surface area contributed by atoms with Gasteiger partial charge in [0.15, 0.2) is 0 Å². The van der Waals surface area contributed by atoms with Gasteiger partial charge in [0.1, 0.15) is 5.69 Å². The Morgan fingerprint density at radius 3 is 2.53 bits per heavy atom. The fourth-order valence-electron chi connectivity index (χ4n) is 2.71. The second-order valence-electron chi connectivity index (χ2n) is 4.83. The third kappa shape index (κ3) is 2.38. The molecule has 2 N–H and O–H groups in total. The van der Waals surface area contributed by atoms with Gasteiger partial charge in [0.25, 0.3) is 6.43 Å². The molecule has 1 aromatic heterocycles. The smallest absolute Gasteiger partial charge is 0.282 e. The molecule has 19 heavy (non-hydrogen) atoms. The molecule has 1 saturated heterocycles. The summed E-state index contributed by atoms with van der Waals surface area (Å²) in [5.41, 5.74) is 1.84. The van der Waals surface area contributed by atoms with Crippen molar-refractivity contribution in [1.82, 2.24) is 15.5 Å². The Morgan fingerprint density at radius 2 is 1.84 bits per heavy atom. The zero-order chi connectivity index (χ0) is 13.2. The van der Waals surface area contributed by atoms with E-state index in [0.29, 0.717) is 5.92 Å². The summed E-state index contributed by atoms with van der Waals surface area (Å²) in [6, 6.07) is 11.6. The Hall–Kier alpha value is -1.75. The average Bonchev–Trinajstić information content (AvgIpc) is 3.08. The molecule has 2 aromatic rings. The third-order valence-electron chi connectivity index (χ3n) is 3.68. The molecule has 0 spiro atoms. The molecule has 0 aliphatic carbocycles. The Kier molecular flexibility index (Phi) is 3.29. The van der Waals surface area contributed by atoms with Crippen LogP contribution in [0.3, 0.4) is 0 Å². The van der Waals surface area contributed by atoms with Crippen molar-refractivity contribution >= 4 is 0 Å². The lowest BCUT2D eigenvalue weighted by Gasteiger charge is -2.17. The predicted molar refractivity (Wildman–Crippen MR) is 68.3 cm³/mol. The molecule has 0 bridgehead atoms. The van der Waals surface area contributed by atoms with Gasteiger partial charge in [-0.2, -0.15) is 5.10 Å². The maximum absolute atomic E-state index is 12.6. The van der Waals surface area contributed by atoms with Crippen LogP contribution in [0.25, 0.3) is 0 Å². The molecule has 5 heteroatoms. The molecule has 100 valence electrons. The quantitative estimate of drug-likeness (QED) is 0.894. The van der Waals surface area contributed by atoms with E-state index < -0.39 is 6.43 Å². The summed E-state index contributed by atoms with van der Waals surface area (Å²) < 4.78 is 25.2. The van der Waals surface area contributed by atoms with Crippen LogP contribution in [0.2, 0.25) is 0 Å². The van der Waals surface area contributed by atoms with Crippen LogP contribution in [0.4, 0.5) is 8.78 Å². The maximum atomic E-state index is 12.6. The number of benzene rings is 1. The molecule has 3 rings (SSSR count).